The molecule has 4 atom stereocenters. The van der Waals surface area contributed by atoms with E-state index >= 15 is 0 Å². The Morgan fingerprint density at radius 1 is 1.25 bits per heavy atom. The number of aryl methyl sites for hydroxylation is 1. The number of morpholine rings is 1. The summed E-state index contributed by atoms with van der Waals surface area (Å²) >= 11 is 0. The predicted octanol–water partition coefficient (Wildman–Crippen LogP) is 2.13. The Morgan fingerprint density at radius 3 is 2.82 bits per heavy atom. The van der Waals surface area contributed by atoms with Crippen LogP contribution in [0.1, 0.15) is 56.1 Å². The first-order valence-electron chi connectivity index (χ1n) is 10.5. The molecule has 0 aromatic carbocycles. The number of carbonyl (C=O) groups is 1. The predicted molar refractivity (Wildman–Crippen MR) is 105 cm³/mol. The van der Waals surface area contributed by atoms with Crippen molar-refractivity contribution in [3.63, 3.8) is 0 Å². The second kappa shape index (κ2) is 6.81. The molecule has 2 aromatic heterocycles. The number of aromatic nitrogens is 3. The molecule has 5 rings (SSSR count). The number of rotatable bonds is 3. The highest BCUT2D eigenvalue weighted by Gasteiger charge is 2.43. The number of hydrogen-bond donors (Lipinski definition) is 0. The third-order valence-corrected chi connectivity index (χ3v) is 6.45. The van der Waals surface area contributed by atoms with Crippen molar-refractivity contribution in [3.8, 4) is 0 Å². The molecule has 7 heteroatoms. The maximum absolute atomic E-state index is 13.2. The van der Waals surface area contributed by atoms with Crippen molar-refractivity contribution >= 4 is 11.6 Å². The fourth-order valence-electron chi connectivity index (χ4n) is 5.43. The Labute approximate surface area is 165 Å². The highest BCUT2D eigenvalue weighted by molar-refractivity contribution is 5.78. The summed E-state index contributed by atoms with van der Waals surface area (Å²) in [7, 11) is 0. The molecule has 150 valence electrons. The lowest BCUT2D eigenvalue weighted by atomic mass is 9.98. The highest BCUT2D eigenvalue weighted by atomic mass is 16.5. The Morgan fingerprint density at radius 2 is 2.04 bits per heavy atom. The van der Waals surface area contributed by atoms with Crippen molar-refractivity contribution in [1.82, 2.24) is 24.4 Å². The van der Waals surface area contributed by atoms with Crippen molar-refractivity contribution in [3.05, 3.63) is 29.2 Å². The number of nitrogens with zero attached hydrogens (tertiary/aromatic N) is 5. The van der Waals surface area contributed by atoms with E-state index < -0.39 is 0 Å². The number of fused-ring (bicyclic) bond motifs is 6. The molecule has 7 nitrogen and oxygen atoms in total. The topological polar surface area (TPSA) is 63.0 Å². The lowest BCUT2D eigenvalue weighted by Crippen LogP contribution is -2.48. The maximum Gasteiger partial charge on any atom is 0.224 e. The molecule has 1 amide bonds. The van der Waals surface area contributed by atoms with Crippen LogP contribution in [0.5, 0.6) is 0 Å². The highest BCUT2D eigenvalue weighted by Crippen LogP contribution is 2.43. The molecule has 0 radical (unpaired) electrons. The number of hydrogen-bond acceptors (Lipinski definition) is 5. The Kier molecular flexibility index (Phi) is 4.39. The van der Waals surface area contributed by atoms with E-state index in [0.717, 1.165) is 50.2 Å². The largest absolute Gasteiger partial charge is 0.373 e. The molecule has 3 aliphatic heterocycles. The maximum atomic E-state index is 13.2. The number of carbonyl (C=O) groups excluding carboxylic acids is 1. The normalized spacial score (nSPS) is 30.0. The minimum atomic E-state index is 0.158. The third-order valence-electron chi connectivity index (χ3n) is 6.45. The zero-order valence-corrected chi connectivity index (χ0v) is 17.0. The molecule has 2 saturated heterocycles. The van der Waals surface area contributed by atoms with Gasteiger partial charge in [-0.2, -0.15) is 5.10 Å². The minimum Gasteiger partial charge on any atom is -0.373 e. The van der Waals surface area contributed by atoms with Gasteiger partial charge in [-0.1, -0.05) is 0 Å². The van der Waals surface area contributed by atoms with Gasteiger partial charge in [0.15, 0.2) is 5.65 Å². The summed E-state index contributed by atoms with van der Waals surface area (Å²) in [6, 6.07) is 2.47. The van der Waals surface area contributed by atoms with Crippen LogP contribution >= 0.6 is 0 Å². The van der Waals surface area contributed by atoms with Gasteiger partial charge in [-0.3, -0.25) is 9.69 Å². The van der Waals surface area contributed by atoms with Gasteiger partial charge in [-0.15, -0.1) is 0 Å². The molecular weight excluding hydrogens is 354 g/mol. The SMILES string of the molecule is Cc1cc2ncc3c(n2n1)C[C@H]1CC[C@@H]3N1C(=O)CCN1C[C@@H](C)O[C@@H](C)C1. The van der Waals surface area contributed by atoms with E-state index in [4.69, 9.17) is 4.74 Å². The molecule has 0 aliphatic carbocycles. The van der Waals surface area contributed by atoms with Crippen LogP contribution in [0.2, 0.25) is 0 Å². The van der Waals surface area contributed by atoms with Crippen LogP contribution in [0.4, 0.5) is 0 Å². The summed E-state index contributed by atoms with van der Waals surface area (Å²) < 4.78 is 7.80. The van der Waals surface area contributed by atoms with Crippen molar-refractivity contribution in [2.45, 2.75) is 70.7 Å². The minimum absolute atomic E-state index is 0.158. The van der Waals surface area contributed by atoms with Crippen LogP contribution in [0, 0.1) is 6.92 Å². The molecule has 5 heterocycles. The molecule has 2 fully saturated rings. The van der Waals surface area contributed by atoms with Crippen LogP contribution < -0.4 is 0 Å². The van der Waals surface area contributed by atoms with Gasteiger partial charge in [0.25, 0.3) is 0 Å². The first-order valence-corrected chi connectivity index (χ1v) is 10.5. The monoisotopic (exact) mass is 383 g/mol. The van der Waals surface area contributed by atoms with E-state index in [-0.39, 0.29) is 24.2 Å². The fourth-order valence-corrected chi connectivity index (χ4v) is 5.43. The van der Waals surface area contributed by atoms with Gasteiger partial charge < -0.3 is 9.64 Å². The van der Waals surface area contributed by atoms with Crippen molar-refractivity contribution < 1.29 is 9.53 Å². The van der Waals surface area contributed by atoms with Gasteiger partial charge >= 0.3 is 0 Å². The summed E-state index contributed by atoms with van der Waals surface area (Å²) in [6.45, 7) is 8.85. The van der Waals surface area contributed by atoms with Crippen LogP contribution in [0.15, 0.2) is 12.3 Å². The van der Waals surface area contributed by atoms with E-state index in [2.05, 4.69) is 33.7 Å². The number of amides is 1. The van der Waals surface area contributed by atoms with Gasteiger partial charge in [-0.25, -0.2) is 9.50 Å². The lowest BCUT2D eigenvalue weighted by Gasteiger charge is -2.38. The van der Waals surface area contributed by atoms with Gasteiger partial charge in [0.1, 0.15) is 0 Å². The van der Waals surface area contributed by atoms with E-state index in [1.807, 2.05) is 23.7 Å². The summed E-state index contributed by atoms with van der Waals surface area (Å²) in [5, 5.41) is 4.64. The van der Waals surface area contributed by atoms with Crippen LogP contribution in [-0.4, -0.2) is 68.2 Å². The standard InChI is InChI=1S/C21H29N5O2/c1-13-8-20-22-10-17-18-5-4-16(9-19(17)26(20)23-13)25(18)21(27)6-7-24-11-14(2)28-15(3)12-24/h8,10,14-16,18H,4-7,9,11-12H2,1-3H3/t14-,15+,16-,18+/m1/s1. The Balaban J connectivity index is 1.33. The van der Waals surface area contributed by atoms with E-state index in [1.54, 1.807) is 0 Å². The summed E-state index contributed by atoms with van der Waals surface area (Å²) in [6.07, 6.45) is 6.01. The third kappa shape index (κ3) is 3.01. The fraction of sp³-hybridized carbons (Fsp3) is 0.667. The second-order valence-electron chi connectivity index (χ2n) is 8.73. The first kappa shape index (κ1) is 18.1. The van der Waals surface area contributed by atoms with Gasteiger partial charge in [0, 0.05) is 56.3 Å². The Bertz CT molecular complexity index is 900. The van der Waals surface area contributed by atoms with E-state index in [1.165, 1.54) is 11.3 Å². The first-order chi connectivity index (χ1) is 13.5. The average molecular weight is 383 g/mol. The molecule has 0 N–H and O–H groups in total. The molecule has 0 unspecified atom stereocenters. The van der Waals surface area contributed by atoms with Crippen LogP contribution in [-0.2, 0) is 16.0 Å². The molecule has 0 spiro atoms. The zero-order valence-electron chi connectivity index (χ0n) is 17.0. The number of ether oxygens (including phenoxy) is 1. The van der Waals surface area contributed by atoms with Crippen molar-refractivity contribution in [2.24, 2.45) is 0 Å². The molecule has 28 heavy (non-hydrogen) atoms. The van der Waals surface area contributed by atoms with Crippen molar-refractivity contribution in [1.29, 1.82) is 0 Å². The molecule has 2 aromatic rings. The van der Waals surface area contributed by atoms with Crippen LogP contribution in [0.3, 0.4) is 0 Å². The van der Waals surface area contributed by atoms with Gasteiger partial charge in [0.05, 0.1) is 29.6 Å². The van der Waals surface area contributed by atoms with E-state index in [0.29, 0.717) is 12.5 Å². The summed E-state index contributed by atoms with van der Waals surface area (Å²) in [5.74, 6) is 0.279. The van der Waals surface area contributed by atoms with Crippen molar-refractivity contribution in [2.75, 3.05) is 19.6 Å². The molecule has 2 bridgehead atoms. The smallest absolute Gasteiger partial charge is 0.224 e. The molecule has 0 saturated carbocycles. The zero-order chi connectivity index (χ0) is 19.4. The van der Waals surface area contributed by atoms with Crippen LogP contribution in [0.25, 0.3) is 5.65 Å². The Hall–Kier alpha value is -1.99. The quantitative estimate of drug-likeness (QED) is 0.813. The lowest BCUT2D eigenvalue weighted by molar-refractivity contribution is -0.136. The summed E-state index contributed by atoms with van der Waals surface area (Å²) in [5.41, 5.74) is 4.32. The molecule has 3 aliphatic rings. The van der Waals surface area contributed by atoms with Gasteiger partial charge in [0.2, 0.25) is 5.91 Å². The average Bonchev–Trinajstić information content (AvgIpc) is 3.18. The molecular formula is C21H29N5O2. The second-order valence-corrected chi connectivity index (χ2v) is 8.73. The van der Waals surface area contributed by atoms with E-state index in [9.17, 15) is 4.79 Å². The summed E-state index contributed by atoms with van der Waals surface area (Å²) in [4.78, 5) is 22.3. The van der Waals surface area contributed by atoms with Gasteiger partial charge in [-0.05, 0) is 33.6 Å².